The second-order valence-electron chi connectivity index (χ2n) is 5.13. The molecule has 1 atom stereocenters. The molecule has 1 unspecified atom stereocenters. The quantitative estimate of drug-likeness (QED) is 0.674. The van der Waals surface area contributed by atoms with Gasteiger partial charge >= 0.3 is 0 Å². The predicted octanol–water partition coefficient (Wildman–Crippen LogP) is 4.84. The molecule has 0 heteroatoms. The van der Waals surface area contributed by atoms with Gasteiger partial charge in [-0.15, -0.1) is 0 Å². The van der Waals surface area contributed by atoms with Crippen molar-refractivity contribution >= 4 is 5.57 Å². The zero-order valence-electron chi connectivity index (χ0n) is 11.0. The molecular weight excluding hydrogens is 204 g/mol. The second kappa shape index (κ2) is 4.37. The number of hydrogen-bond donors (Lipinski definition) is 0. The fourth-order valence-electron chi connectivity index (χ4n) is 2.34. The van der Waals surface area contributed by atoms with Gasteiger partial charge in [-0.1, -0.05) is 56.0 Å². The van der Waals surface area contributed by atoms with Gasteiger partial charge in [-0.2, -0.15) is 0 Å². The first-order valence-electron chi connectivity index (χ1n) is 6.15. The second-order valence-corrected chi connectivity index (χ2v) is 5.13. The first-order valence-corrected chi connectivity index (χ1v) is 6.15. The van der Waals surface area contributed by atoms with Gasteiger partial charge in [0.05, 0.1) is 0 Å². The summed E-state index contributed by atoms with van der Waals surface area (Å²) in [6, 6.07) is 6.46. The molecule has 0 fully saturated rings. The van der Waals surface area contributed by atoms with Crippen molar-refractivity contribution in [3.8, 4) is 0 Å². The Labute approximate surface area is 104 Å². The highest BCUT2D eigenvalue weighted by molar-refractivity contribution is 5.73. The monoisotopic (exact) mass is 224 g/mol. The Morgan fingerprint density at radius 3 is 2.65 bits per heavy atom. The molecule has 0 bridgehead atoms. The maximum Gasteiger partial charge on any atom is 0.0141 e. The Hall–Kier alpha value is -1.56. The van der Waals surface area contributed by atoms with Gasteiger partial charge in [-0.25, -0.2) is 0 Å². The minimum Gasteiger partial charge on any atom is -0.0943 e. The van der Waals surface area contributed by atoms with Crippen LogP contribution in [-0.2, 0) is 0 Å². The van der Waals surface area contributed by atoms with E-state index >= 15 is 0 Å². The summed E-state index contributed by atoms with van der Waals surface area (Å²) in [5.41, 5.74) is 5.27. The van der Waals surface area contributed by atoms with E-state index in [1.807, 2.05) is 0 Å². The molecule has 2 rings (SSSR count). The third-order valence-corrected chi connectivity index (χ3v) is 3.87. The lowest BCUT2D eigenvalue weighted by Crippen LogP contribution is -2.16. The summed E-state index contributed by atoms with van der Waals surface area (Å²) in [4.78, 5) is 0. The van der Waals surface area contributed by atoms with Crippen LogP contribution in [0.15, 0.2) is 49.1 Å². The van der Waals surface area contributed by atoms with Crippen LogP contribution in [0.3, 0.4) is 0 Å². The van der Waals surface area contributed by atoms with Crippen LogP contribution in [0.5, 0.6) is 0 Å². The standard InChI is InChI=1S/C17H20/c1-13-9-8-10-16(14(13)2)15(3)17(4)11-6-5-7-12-17/h5-11H,3,12H2,1-2,4H3. The van der Waals surface area contributed by atoms with Crippen LogP contribution in [0.25, 0.3) is 5.57 Å². The lowest BCUT2D eigenvalue weighted by atomic mass is 9.74. The summed E-state index contributed by atoms with van der Waals surface area (Å²) in [5, 5.41) is 0. The number of rotatable bonds is 2. The van der Waals surface area contributed by atoms with Crippen LogP contribution in [0.4, 0.5) is 0 Å². The zero-order chi connectivity index (χ0) is 12.5. The van der Waals surface area contributed by atoms with Gasteiger partial charge in [-0.3, -0.25) is 0 Å². The van der Waals surface area contributed by atoms with E-state index in [0.717, 1.165) is 6.42 Å². The van der Waals surface area contributed by atoms with Gasteiger partial charge in [0.25, 0.3) is 0 Å². The van der Waals surface area contributed by atoms with Crippen LogP contribution in [0.1, 0.15) is 30.0 Å². The van der Waals surface area contributed by atoms with Crippen molar-refractivity contribution in [1.29, 1.82) is 0 Å². The summed E-state index contributed by atoms with van der Waals surface area (Å²) in [7, 11) is 0. The fraction of sp³-hybridized carbons (Fsp3) is 0.294. The molecule has 17 heavy (non-hydrogen) atoms. The van der Waals surface area contributed by atoms with Crippen molar-refractivity contribution in [3.05, 3.63) is 65.8 Å². The van der Waals surface area contributed by atoms with Gasteiger partial charge in [0.15, 0.2) is 0 Å². The third kappa shape index (κ3) is 2.12. The van der Waals surface area contributed by atoms with Crippen LogP contribution in [0.2, 0.25) is 0 Å². The van der Waals surface area contributed by atoms with E-state index in [9.17, 15) is 0 Å². The molecule has 0 N–H and O–H groups in total. The van der Waals surface area contributed by atoms with Crippen molar-refractivity contribution in [2.24, 2.45) is 5.41 Å². The molecule has 0 spiro atoms. The third-order valence-electron chi connectivity index (χ3n) is 3.87. The van der Waals surface area contributed by atoms with Crippen molar-refractivity contribution < 1.29 is 0 Å². The van der Waals surface area contributed by atoms with Crippen molar-refractivity contribution in [3.63, 3.8) is 0 Å². The Morgan fingerprint density at radius 2 is 2.00 bits per heavy atom. The molecule has 1 aliphatic carbocycles. The number of hydrogen-bond acceptors (Lipinski definition) is 0. The molecular formula is C17H20. The normalized spacial score (nSPS) is 22.8. The summed E-state index contributed by atoms with van der Waals surface area (Å²) in [6.07, 6.45) is 9.75. The molecule has 1 aliphatic rings. The SMILES string of the molecule is C=C(c1cccc(C)c1C)C1(C)C=CC=CC1. The van der Waals surface area contributed by atoms with E-state index in [4.69, 9.17) is 0 Å². The average Bonchev–Trinajstić information content (AvgIpc) is 2.33. The first kappa shape index (κ1) is 11.9. The van der Waals surface area contributed by atoms with Crippen LogP contribution < -0.4 is 0 Å². The van der Waals surface area contributed by atoms with E-state index in [-0.39, 0.29) is 5.41 Å². The highest BCUT2D eigenvalue weighted by Gasteiger charge is 2.26. The largest absolute Gasteiger partial charge is 0.0943 e. The van der Waals surface area contributed by atoms with E-state index < -0.39 is 0 Å². The fourth-order valence-corrected chi connectivity index (χ4v) is 2.34. The van der Waals surface area contributed by atoms with Crippen molar-refractivity contribution in [2.45, 2.75) is 27.2 Å². The maximum atomic E-state index is 4.34. The first-order chi connectivity index (χ1) is 8.04. The van der Waals surface area contributed by atoms with Crippen molar-refractivity contribution in [1.82, 2.24) is 0 Å². The molecule has 0 heterocycles. The highest BCUT2D eigenvalue weighted by atomic mass is 14.3. The van der Waals surface area contributed by atoms with E-state index in [2.05, 4.69) is 69.9 Å². The molecule has 1 aromatic carbocycles. The summed E-state index contributed by atoms with van der Waals surface area (Å²) < 4.78 is 0. The van der Waals surface area contributed by atoms with E-state index in [0.29, 0.717) is 0 Å². The number of aryl methyl sites for hydroxylation is 1. The molecule has 0 aliphatic heterocycles. The van der Waals surface area contributed by atoms with Gasteiger partial charge in [0.1, 0.15) is 0 Å². The van der Waals surface area contributed by atoms with Crippen LogP contribution in [-0.4, -0.2) is 0 Å². The topological polar surface area (TPSA) is 0 Å². The average molecular weight is 224 g/mol. The molecule has 0 saturated carbocycles. The Morgan fingerprint density at radius 1 is 1.24 bits per heavy atom. The Bertz CT molecular complexity index is 503. The molecule has 88 valence electrons. The minimum absolute atomic E-state index is 0.0628. The van der Waals surface area contributed by atoms with Gasteiger partial charge in [0.2, 0.25) is 0 Å². The number of allylic oxidation sites excluding steroid dienone is 5. The molecule has 0 amide bonds. The lowest BCUT2D eigenvalue weighted by Gasteiger charge is -2.30. The van der Waals surface area contributed by atoms with Crippen LogP contribution >= 0.6 is 0 Å². The van der Waals surface area contributed by atoms with Gasteiger partial charge in [-0.05, 0) is 42.5 Å². The van der Waals surface area contributed by atoms with E-state index in [1.54, 1.807) is 0 Å². The molecule has 0 aromatic heterocycles. The summed E-state index contributed by atoms with van der Waals surface area (Å²) in [5.74, 6) is 0. The smallest absolute Gasteiger partial charge is 0.0141 e. The minimum atomic E-state index is 0.0628. The van der Waals surface area contributed by atoms with E-state index in [1.165, 1.54) is 22.3 Å². The molecule has 1 aromatic rings. The Kier molecular flexibility index (Phi) is 3.06. The summed E-state index contributed by atoms with van der Waals surface area (Å²) in [6.45, 7) is 10.9. The molecule has 0 saturated heterocycles. The highest BCUT2D eigenvalue weighted by Crippen LogP contribution is 2.41. The van der Waals surface area contributed by atoms with Crippen molar-refractivity contribution in [2.75, 3.05) is 0 Å². The molecule has 0 radical (unpaired) electrons. The number of benzene rings is 1. The van der Waals surface area contributed by atoms with Gasteiger partial charge < -0.3 is 0 Å². The molecule has 0 nitrogen and oxygen atoms in total. The van der Waals surface area contributed by atoms with Crippen LogP contribution in [0, 0.1) is 19.3 Å². The lowest BCUT2D eigenvalue weighted by molar-refractivity contribution is 0.579. The predicted molar refractivity (Wildman–Crippen MR) is 76.0 cm³/mol. The van der Waals surface area contributed by atoms with Gasteiger partial charge in [0, 0.05) is 5.41 Å². The Balaban J connectivity index is 2.41. The maximum absolute atomic E-state index is 4.34. The summed E-state index contributed by atoms with van der Waals surface area (Å²) >= 11 is 0. The zero-order valence-corrected chi connectivity index (χ0v) is 11.0.